The Bertz CT molecular complexity index is 248. The van der Waals surface area contributed by atoms with Crippen LogP contribution in [0.2, 0.25) is 0 Å². The summed E-state index contributed by atoms with van der Waals surface area (Å²) >= 11 is 0. The van der Waals surface area contributed by atoms with Crippen LogP contribution in [-0.2, 0) is 4.74 Å². The molecule has 2 rings (SSSR count). The number of rotatable bonds is 5. The number of nitrogens with zero attached hydrogens (tertiary/aromatic N) is 1. The summed E-state index contributed by atoms with van der Waals surface area (Å²) < 4.78 is 5.15. The Morgan fingerprint density at radius 1 is 1.28 bits per heavy atom. The zero-order valence-electron chi connectivity index (χ0n) is 11.6. The molecule has 2 aliphatic rings. The highest BCUT2D eigenvalue weighted by molar-refractivity contribution is 4.93. The molecule has 0 aromatic rings. The van der Waals surface area contributed by atoms with Crippen LogP contribution in [0.3, 0.4) is 0 Å². The average molecular weight is 256 g/mol. The molecule has 1 heterocycles. The second-order valence-corrected chi connectivity index (χ2v) is 5.86. The van der Waals surface area contributed by atoms with Crippen LogP contribution in [0.15, 0.2) is 0 Å². The molecule has 18 heavy (non-hydrogen) atoms. The van der Waals surface area contributed by atoms with Gasteiger partial charge in [-0.25, -0.2) is 0 Å². The minimum Gasteiger partial charge on any atom is -0.395 e. The Balaban J connectivity index is 2.03. The Morgan fingerprint density at radius 2 is 2.00 bits per heavy atom. The normalized spacial score (nSPS) is 32.8. The molecule has 0 bridgehead atoms. The molecule has 4 heteroatoms. The first-order valence-electron chi connectivity index (χ1n) is 7.39. The van der Waals surface area contributed by atoms with E-state index >= 15 is 0 Å². The van der Waals surface area contributed by atoms with Crippen molar-refractivity contribution >= 4 is 0 Å². The van der Waals surface area contributed by atoms with Gasteiger partial charge >= 0.3 is 0 Å². The molecule has 3 N–H and O–H groups in total. The predicted molar refractivity (Wildman–Crippen MR) is 72.4 cm³/mol. The first-order valence-corrected chi connectivity index (χ1v) is 7.39. The number of likely N-dealkylation sites (tertiary alicyclic amines) is 1. The quantitative estimate of drug-likeness (QED) is 0.770. The predicted octanol–water partition coefficient (Wildman–Crippen LogP) is 0.976. The Kier molecular flexibility index (Phi) is 5.42. The maximum absolute atomic E-state index is 9.69. The lowest BCUT2D eigenvalue weighted by Gasteiger charge is -2.48. The van der Waals surface area contributed by atoms with Gasteiger partial charge in [-0.2, -0.15) is 0 Å². The molecule has 106 valence electrons. The molecule has 1 saturated heterocycles. The van der Waals surface area contributed by atoms with Crippen molar-refractivity contribution in [2.24, 2.45) is 11.7 Å². The smallest absolute Gasteiger partial charge is 0.0629 e. The van der Waals surface area contributed by atoms with Crippen molar-refractivity contribution in [2.75, 3.05) is 26.9 Å². The van der Waals surface area contributed by atoms with E-state index in [1.54, 1.807) is 7.11 Å². The fourth-order valence-corrected chi connectivity index (χ4v) is 3.86. The monoisotopic (exact) mass is 256 g/mol. The van der Waals surface area contributed by atoms with Gasteiger partial charge in [-0.05, 0) is 38.1 Å². The van der Waals surface area contributed by atoms with Gasteiger partial charge in [0.1, 0.15) is 0 Å². The third-order valence-electron chi connectivity index (χ3n) is 4.75. The first-order chi connectivity index (χ1) is 8.77. The number of fused-ring (bicyclic) bond motifs is 1. The highest BCUT2D eigenvalue weighted by atomic mass is 16.5. The average Bonchev–Trinajstić information content (AvgIpc) is 2.40. The van der Waals surface area contributed by atoms with Crippen LogP contribution in [0.25, 0.3) is 0 Å². The molecule has 0 amide bonds. The van der Waals surface area contributed by atoms with E-state index in [2.05, 4.69) is 4.90 Å². The summed E-state index contributed by atoms with van der Waals surface area (Å²) in [6, 6.07) is 0.629. The molecule has 1 aliphatic heterocycles. The molecule has 1 aliphatic carbocycles. The standard InChI is InChI=1S/C14H28N2O2/c1-18-10-12(15)14(9-17)16-8-4-6-11-5-2-3-7-13(11)16/h11-14,17H,2-10,15H2,1H3. The largest absolute Gasteiger partial charge is 0.395 e. The zero-order chi connectivity index (χ0) is 13.0. The summed E-state index contributed by atoms with van der Waals surface area (Å²) in [5, 5.41) is 9.69. The zero-order valence-corrected chi connectivity index (χ0v) is 11.6. The van der Waals surface area contributed by atoms with Gasteiger partial charge in [0.05, 0.1) is 19.3 Å². The lowest BCUT2D eigenvalue weighted by Crippen LogP contribution is -2.59. The van der Waals surface area contributed by atoms with E-state index in [-0.39, 0.29) is 18.7 Å². The van der Waals surface area contributed by atoms with Crippen molar-refractivity contribution < 1.29 is 9.84 Å². The lowest BCUT2D eigenvalue weighted by atomic mass is 9.77. The van der Waals surface area contributed by atoms with E-state index in [0.29, 0.717) is 12.6 Å². The lowest BCUT2D eigenvalue weighted by molar-refractivity contribution is -0.0138. The number of piperidine rings is 1. The highest BCUT2D eigenvalue weighted by Crippen LogP contribution is 2.36. The summed E-state index contributed by atoms with van der Waals surface area (Å²) in [5.74, 6) is 0.830. The molecular weight excluding hydrogens is 228 g/mol. The second kappa shape index (κ2) is 6.85. The first kappa shape index (κ1) is 14.3. The van der Waals surface area contributed by atoms with Crippen molar-refractivity contribution in [3.8, 4) is 0 Å². The molecule has 2 fully saturated rings. The van der Waals surface area contributed by atoms with Crippen molar-refractivity contribution in [3.63, 3.8) is 0 Å². The van der Waals surface area contributed by atoms with Gasteiger partial charge in [-0.1, -0.05) is 12.8 Å². The summed E-state index contributed by atoms with van der Waals surface area (Å²) in [6.07, 6.45) is 7.95. The maximum atomic E-state index is 9.69. The molecule has 0 spiro atoms. The van der Waals surface area contributed by atoms with E-state index in [1.807, 2.05) is 0 Å². The van der Waals surface area contributed by atoms with Crippen LogP contribution in [-0.4, -0.2) is 55.0 Å². The van der Waals surface area contributed by atoms with Crippen molar-refractivity contribution in [3.05, 3.63) is 0 Å². The number of methoxy groups -OCH3 is 1. The Labute approximate surface area is 110 Å². The number of aliphatic hydroxyl groups is 1. The third kappa shape index (κ3) is 3.05. The molecule has 1 saturated carbocycles. The highest BCUT2D eigenvalue weighted by Gasteiger charge is 2.38. The van der Waals surface area contributed by atoms with Gasteiger partial charge in [0.2, 0.25) is 0 Å². The molecule has 0 aromatic carbocycles. The van der Waals surface area contributed by atoms with E-state index in [4.69, 9.17) is 10.5 Å². The fourth-order valence-electron chi connectivity index (χ4n) is 3.86. The Morgan fingerprint density at radius 3 is 2.72 bits per heavy atom. The number of hydrogen-bond donors (Lipinski definition) is 2. The van der Waals surface area contributed by atoms with E-state index in [9.17, 15) is 5.11 Å². The van der Waals surface area contributed by atoms with Crippen LogP contribution in [0, 0.1) is 5.92 Å². The van der Waals surface area contributed by atoms with Gasteiger partial charge in [-0.15, -0.1) is 0 Å². The molecule has 4 unspecified atom stereocenters. The van der Waals surface area contributed by atoms with Crippen LogP contribution in [0.5, 0.6) is 0 Å². The minimum absolute atomic E-state index is 0.0656. The van der Waals surface area contributed by atoms with Crippen LogP contribution in [0.4, 0.5) is 0 Å². The van der Waals surface area contributed by atoms with Gasteiger partial charge < -0.3 is 15.6 Å². The van der Waals surface area contributed by atoms with Gasteiger partial charge in [0.25, 0.3) is 0 Å². The number of aliphatic hydroxyl groups excluding tert-OH is 1. The summed E-state index contributed by atoms with van der Waals surface area (Å²) in [5.41, 5.74) is 6.16. The fraction of sp³-hybridized carbons (Fsp3) is 1.00. The summed E-state index contributed by atoms with van der Waals surface area (Å²) in [6.45, 7) is 1.76. The topological polar surface area (TPSA) is 58.7 Å². The number of nitrogens with two attached hydrogens (primary N) is 1. The van der Waals surface area contributed by atoms with Gasteiger partial charge in [-0.3, -0.25) is 4.90 Å². The van der Waals surface area contributed by atoms with E-state index < -0.39 is 0 Å². The SMILES string of the molecule is COCC(N)C(CO)N1CCCC2CCCCC21. The van der Waals surface area contributed by atoms with Crippen LogP contribution in [0.1, 0.15) is 38.5 Å². The van der Waals surface area contributed by atoms with Gasteiger partial charge in [0, 0.05) is 19.2 Å². The summed E-state index contributed by atoms with van der Waals surface area (Å²) in [7, 11) is 1.67. The molecule has 0 aromatic heterocycles. The molecular formula is C14H28N2O2. The van der Waals surface area contributed by atoms with Crippen LogP contribution >= 0.6 is 0 Å². The second-order valence-electron chi connectivity index (χ2n) is 5.86. The van der Waals surface area contributed by atoms with Crippen molar-refractivity contribution in [2.45, 2.75) is 56.7 Å². The maximum Gasteiger partial charge on any atom is 0.0629 e. The number of ether oxygens (including phenoxy) is 1. The third-order valence-corrected chi connectivity index (χ3v) is 4.75. The Hall–Kier alpha value is -0.160. The van der Waals surface area contributed by atoms with Crippen molar-refractivity contribution in [1.82, 2.24) is 4.90 Å². The number of hydrogen-bond acceptors (Lipinski definition) is 4. The van der Waals surface area contributed by atoms with Crippen molar-refractivity contribution in [1.29, 1.82) is 0 Å². The summed E-state index contributed by atoms with van der Waals surface area (Å²) in [4.78, 5) is 2.48. The minimum atomic E-state index is -0.0827. The molecule has 0 radical (unpaired) electrons. The van der Waals surface area contributed by atoms with Gasteiger partial charge in [0.15, 0.2) is 0 Å². The molecule has 4 atom stereocenters. The van der Waals surface area contributed by atoms with E-state index in [0.717, 1.165) is 12.5 Å². The van der Waals surface area contributed by atoms with Crippen LogP contribution < -0.4 is 5.73 Å². The molecule has 4 nitrogen and oxygen atoms in total. The van der Waals surface area contributed by atoms with E-state index in [1.165, 1.54) is 38.5 Å².